The summed E-state index contributed by atoms with van der Waals surface area (Å²) in [7, 11) is -6.78. The molecule has 1 heterocycles. The largest absolute Gasteiger partial charge is 0.493 e. The highest BCUT2D eigenvalue weighted by Gasteiger charge is 2.18. The standard InChI is InChI=1S/C21H28N2O5S2/c1-2-29(24,25)16-15-28-19-9-11-20(12-10-19)30(26,27)22-17-18-7-3-4-8-21(18)23-13-5-6-14-23/h3-4,7-12,22H,2,5-6,13-17H2,1H3. The summed E-state index contributed by atoms with van der Waals surface area (Å²) in [5.41, 5.74) is 2.02. The lowest BCUT2D eigenvalue weighted by molar-refractivity contribution is 0.340. The van der Waals surface area contributed by atoms with Gasteiger partial charge in [0.1, 0.15) is 12.4 Å². The molecule has 7 nitrogen and oxygen atoms in total. The van der Waals surface area contributed by atoms with E-state index in [-0.39, 0.29) is 29.6 Å². The maximum Gasteiger partial charge on any atom is 0.240 e. The zero-order chi connectivity index (χ0) is 21.6. The van der Waals surface area contributed by atoms with Crippen molar-refractivity contribution in [2.75, 3.05) is 36.1 Å². The summed E-state index contributed by atoms with van der Waals surface area (Å²) in [6, 6.07) is 13.8. The molecule has 0 amide bonds. The highest BCUT2D eigenvalue weighted by molar-refractivity contribution is 7.91. The first-order chi connectivity index (χ1) is 14.3. The van der Waals surface area contributed by atoms with Gasteiger partial charge < -0.3 is 9.64 Å². The van der Waals surface area contributed by atoms with Crippen LogP contribution in [0.15, 0.2) is 53.4 Å². The third kappa shape index (κ3) is 5.96. The van der Waals surface area contributed by atoms with Crippen molar-refractivity contribution in [2.24, 2.45) is 0 Å². The van der Waals surface area contributed by atoms with E-state index in [1.165, 1.54) is 24.3 Å². The van der Waals surface area contributed by atoms with Gasteiger partial charge in [0, 0.05) is 31.1 Å². The molecule has 1 saturated heterocycles. The molecule has 1 aliphatic rings. The molecular weight excluding hydrogens is 424 g/mol. The Morgan fingerprint density at radius 3 is 2.30 bits per heavy atom. The molecule has 3 rings (SSSR count). The van der Waals surface area contributed by atoms with Crippen LogP contribution < -0.4 is 14.4 Å². The van der Waals surface area contributed by atoms with Crippen LogP contribution in [-0.4, -0.2) is 48.0 Å². The Labute approximate surface area is 179 Å². The smallest absolute Gasteiger partial charge is 0.240 e. The van der Waals surface area contributed by atoms with Gasteiger partial charge in [0.15, 0.2) is 9.84 Å². The molecule has 1 N–H and O–H groups in total. The Bertz CT molecular complexity index is 1050. The second-order valence-electron chi connectivity index (χ2n) is 7.20. The zero-order valence-electron chi connectivity index (χ0n) is 17.1. The minimum atomic E-state index is -3.68. The van der Waals surface area contributed by atoms with Crippen molar-refractivity contribution < 1.29 is 21.6 Å². The highest BCUT2D eigenvalue weighted by atomic mass is 32.2. The third-order valence-corrected chi connectivity index (χ3v) is 8.21. The lowest BCUT2D eigenvalue weighted by Crippen LogP contribution is -2.25. The van der Waals surface area contributed by atoms with E-state index < -0.39 is 19.9 Å². The molecule has 164 valence electrons. The van der Waals surface area contributed by atoms with Crippen molar-refractivity contribution in [3.8, 4) is 5.75 Å². The average molecular weight is 453 g/mol. The molecule has 0 saturated carbocycles. The summed E-state index contributed by atoms with van der Waals surface area (Å²) in [6.07, 6.45) is 2.30. The van der Waals surface area contributed by atoms with E-state index in [1.807, 2.05) is 24.3 Å². The number of para-hydroxylation sites is 1. The normalized spacial score (nSPS) is 14.8. The molecule has 9 heteroatoms. The summed E-state index contributed by atoms with van der Waals surface area (Å²) in [6.45, 7) is 3.82. The molecule has 0 bridgehead atoms. The molecule has 0 spiro atoms. The monoisotopic (exact) mass is 452 g/mol. The van der Waals surface area contributed by atoms with Crippen LogP contribution in [0.25, 0.3) is 0 Å². The third-order valence-electron chi connectivity index (χ3n) is 5.13. The van der Waals surface area contributed by atoms with Gasteiger partial charge in [-0.2, -0.15) is 0 Å². The van der Waals surface area contributed by atoms with Gasteiger partial charge in [-0.3, -0.25) is 0 Å². The lowest BCUT2D eigenvalue weighted by atomic mass is 10.1. The van der Waals surface area contributed by atoms with Gasteiger partial charge in [-0.25, -0.2) is 21.6 Å². The van der Waals surface area contributed by atoms with Gasteiger partial charge in [0.2, 0.25) is 10.0 Å². The fourth-order valence-corrected chi connectivity index (χ4v) is 4.96. The SMILES string of the molecule is CCS(=O)(=O)CCOc1ccc(S(=O)(=O)NCc2ccccc2N2CCCC2)cc1. The molecule has 0 aliphatic carbocycles. The van der Waals surface area contributed by atoms with Crippen LogP contribution in [0.1, 0.15) is 25.3 Å². The molecule has 2 aromatic carbocycles. The predicted molar refractivity (Wildman–Crippen MR) is 118 cm³/mol. The molecule has 30 heavy (non-hydrogen) atoms. The van der Waals surface area contributed by atoms with Gasteiger partial charge in [-0.15, -0.1) is 0 Å². The van der Waals surface area contributed by atoms with Crippen molar-refractivity contribution >= 4 is 25.5 Å². The van der Waals surface area contributed by atoms with Crippen LogP contribution in [0.4, 0.5) is 5.69 Å². The second-order valence-corrected chi connectivity index (χ2v) is 11.4. The van der Waals surface area contributed by atoms with E-state index >= 15 is 0 Å². The Kier molecular flexibility index (Phi) is 7.38. The van der Waals surface area contributed by atoms with Crippen LogP contribution in [0.3, 0.4) is 0 Å². The number of benzene rings is 2. The average Bonchev–Trinajstić information content (AvgIpc) is 3.27. The van der Waals surface area contributed by atoms with E-state index in [1.54, 1.807) is 6.92 Å². The Balaban J connectivity index is 1.61. The number of anilines is 1. The van der Waals surface area contributed by atoms with Gasteiger partial charge >= 0.3 is 0 Å². The number of nitrogens with zero attached hydrogens (tertiary/aromatic N) is 1. The van der Waals surface area contributed by atoms with Crippen molar-refractivity contribution in [1.82, 2.24) is 4.72 Å². The van der Waals surface area contributed by atoms with Crippen molar-refractivity contribution in [2.45, 2.75) is 31.2 Å². The highest BCUT2D eigenvalue weighted by Crippen LogP contribution is 2.25. The molecule has 1 aliphatic heterocycles. The van der Waals surface area contributed by atoms with Crippen molar-refractivity contribution in [1.29, 1.82) is 0 Å². The Morgan fingerprint density at radius 2 is 1.63 bits per heavy atom. The summed E-state index contributed by atoms with van der Waals surface area (Å²) in [5.74, 6) is 0.432. The number of nitrogens with one attached hydrogen (secondary N) is 1. The minimum absolute atomic E-state index is 0.0355. The summed E-state index contributed by atoms with van der Waals surface area (Å²) in [4.78, 5) is 2.42. The molecule has 0 atom stereocenters. The molecule has 0 unspecified atom stereocenters. The molecule has 2 aromatic rings. The fourth-order valence-electron chi connectivity index (χ4n) is 3.33. The maximum absolute atomic E-state index is 12.7. The molecule has 0 aromatic heterocycles. The summed E-state index contributed by atoms with van der Waals surface area (Å²) < 4.78 is 56.5. The van der Waals surface area contributed by atoms with Gasteiger partial charge in [0.05, 0.1) is 10.6 Å². The number of hydrogen-bond acceptors (Lipinski definition) is 6. The van der Waals surface area contributed by atoms with Crippen molar-refractivity contribution in [3.05, 3.63) is 54.1 Å². The van der Waals surface area contributed by atoms with Crippen LogP contribution >= 0.6 is 0 Å². The van der Waals surface area contributed by atoms with Gasteiger partial charge in [0.25, 0.3) is 0 Å². The van der Waals surface area contributed by atoms with Gasteiger partial charge in [-0.1, -0.05) is 25.1 Å². The second kappa shape index (κ2) is 9.80. The molecule has 1 fully saturated rings. The first-order valence-electron chi connectivity index (χ1n) is 10.1. The predicted octanol–water partition coefficient (Wildman–Crippen LogP) is 2.58. The van der Waals surface area contributed by atoms with E-state index in [0.29, 0.717) is 5.75 Å². The summed E-state index contributed by atoms with van der Waals surface area (Å²) >= 11 is 0. The first kappa shape index (κ1) is 22.6. The minimum Gasteiger partial charge on any atom is -0.493 e. The van der Waals surface area contributed by atoms with Crippen LogP contribution in [0.5, 0.6) is 5.75 Å². The van der Waals surface area contributed by atoms with E-state index in [4.69, 9.17) is 4.74 Å². The first-order valence-corrected chi connectivity index (χ1v) is 13.4. The van der Waals surface area contributed by atoms with Crippen LogP contribution in [0, 0.1) is 0 Å². The van der Waals surface area contributed by atoms with Gasteiger partial charge in [-0.05, 0) is 48.7 Å². The fraction of sp³-hybridized carbons (Fsp3) is 0.429. The quantitative estimate of drug-likeness (QED) is 0.596. The van der Waals surface area contributed by atoms with E-state index in [9.17, 15) is 16.8 Å². The van der Waals surface area contributed by atoms with Crippen LogP contribution in [0.2, 0.25) is 0 Å². The van der Waals surface area contributed by atoms with E-state index in [2.05, 4.69) is 9.62 Å². The Hall–Kier alpha value is -2.10. The number of hydrogen-bond donors (Lipinski definition) is 1. The number of ether oxygens (including phenoxy) is 1. The topological polar surface area (TPSA) is 92.8 Å². The maximum atomic E-state index is 12.7. The number of sulfone groups is 1. The Morgan fingerprint density at radius 1 is 0.967 bits per heavy atom. The van der Waals surface area contributed by atoms with Crippen LogP contribution in [-0.2, 0) is 26.4 Å². The molecule has 0 radical (unpaired) electrons. The lowest BCUT2D eigenvalue weighted by Gasteiger charge is -2.21. The number of sulfonamides is 1. The molecular formula is C21H28N2O5S2. The van der Waals surface area contributed by atoms with E-state index in [0.717, 1.165) is 37.2 Å². The summed E-state index contributed by atoms with van der Waals surface area (Å²) in [5, 5.41) is 0. The zero-order valence-corrected chi connectivity index (χ0v) is 18.7. The number of rotatable bonds is 10. The van der Waals surface area contributed by atoms with Crippen molar-refractivity contribution in [3.63, 3.8) is 0 Å².